The lowest BCUT2D eigenvalue weighted by Gasteiger charge is -2.34. The molecule has 3 heterocycles. The van der Waals surface area contributed by atoms with Crippen LogP contribution in [0.1, 0.15) is 32.7 Å². The molecule has 1 saturated heterocycles. The molecule has 1 fully saturated rings. The summed E-state index contributed by atoms with van der Waals surface area (Å²) in [5.74, 6) is 1.33. The van der Waals surface area contributed by atoms with Crippen molar-refractivity contribution >= 4 is 39.1 Å². The number of nitrogens with one attached hydrogen (secondary N) is 1. The molecule has 0 radical (unpaired) electrons. The predicted octanol–water partition coefficient (Wildman–Crippen LogP) is 5.46. The number of methoxy groups -OCH3 is 1. The van der Waals surface area contributed by atoms with E-state index in [2.05, 4.69) is 95.2 Å². The van der Waals surface area contributed by atoms with Crippen molar-refractivity contribution in [1.29, 1.82) is 0 Å². The van der Waals surface area contributed by atoms with Gasteiger partial charge in [0.1, 0.15) is 11.3 Å². The van der Waals surface area contributed by atoms with Crippen LogP contribution in [-0.4, -0.2) is 73.0 Å². The minimum Gasteiger partial charge on any atom is -0.494 e. The van der Waals surface area contributed by atoms with E-state index in [0.29, 0.717) is 18.1 Å². The van der Waals surface area contributed by atoms with Crippen LogP contribution >= 0.6 is 0 Å². The molecule has 2 aromatic heterocycles. The highest BCUT2D eigenvalue weighted by Crippen LogP contribution is 2.34. The zero-order chi connectivity index (χ0) is 25.9. The van der Waals surface area contributed by atoms with Crippen LogP contribution in [-0.2, 0) is 4.74 Å². The lowest BCUT2D eigenvalue weighted by molar-refractivity contribution is 0.0294. The first-order valence-electron chi connectivity index (χ1n) is 13.2. The highest BCUT2D eigenvalue weighted by Gasteiger charge is 2.21. The highest BCUT2D eigenvalue weighted by molar-refractivity contribution is 6.03. The molecule has 8 nitrogen and oxygen atoms in total. The van der Waals surface area contributed by atoms with Gasteiger partial charge in [-0.1, -0.05) is 12.1 Å². The number of nitrogens with zero attached hydrogens (tertiary/aromatic N) is 5. The van der Waals surface area contributed by atoms with Crippen LogP contribution in [0.15, 0.2) is 48.8 Å². The Kier molecular flexibility index (Phi) is 7.48. The van der Waals surface area contributed by atoms with Gasteiger partial charge in [-0.15, -0.1) is 0 Å². The SMILES string of the molecule is COc1cc(N2CCC(OCCN(C)C)CC2)ccc1Nc1ncc2ccc3ccn(C(C)C)c3c2n1. The fourth-order valence-electron chi connectivity index (χ4n) is 5.01. The Labute approximate surface area is 219 Å². The number of benzene rings is 2. The van der Waals surface area contributed by atoms with E-state index in [1.54, 1.807) is 7.11 Å². The van der Waals surface area contributed by atoms with Gasteiger partial charge >= 0.3 is 0 Å². The summed E-state index contributed by atoms with van der Waals surface area (Å²) in [6.07, 6.45) is 6.42. The molecule has 196 valence electrons. The number of hydrogen-bond acceptors (Lipinski definition) is 7. The van der Waals surface area contributed by atoms with Crippen molar-refractivity contribution in [1.82, 2.24) is 19.4 Å². The Hall–Kier alpha value is -3.36. The molecule has 5 rings (SSSR count). The molecule has 4 aromatic rings. The molecule has 1 N–H and O–H groups in total. The third kappa shape index (κ3) is 5.50. The van der Waals surface area contributed by atoms with E-state index < -0.39 is 0 Å². The Balaban J connectivity index is 1.32. The van der Waals surface area contributed by atoms with Crippen LogP contribution in [0.4, 0.5) is 17.3 Å². The summed E-state index contributed by atoms with van der Waals surface area (Å²) in [6, 6.07) is 13.0. The largest absolute Gasteiger partial charge is 0.494 e. The van der Waals surface area contributed by atoms with Crippen molar-refractivity contribution in [3.63, 3.8) is 0 Å². The topological polar surface area (TPSA) is 67.7 Å². The fraction of sp³-hybridized carbons (Fsp3) is 0.448. The second-order valence-corrected chi connectivity index (χ2v) is 10.3. The third-order valence-electron chi connectivity index (χ3n) is 7.12. The summed E-state index contributed by atoms with van der Waals surface area (Å²) in [5, 5.41) is 5.60. The summed E-state index contributed by atoms with van der Waals surface area (Å²) in [7, 11) is 5.86. The third-order valence-corrected chi connectivity index (χ3v) is 7.12. The van der Waals surface area contributed by atoms with Gasteiger partial charge in [-0.25, -0.2) is 9.97 Å². The van der Waals surface area contributed by atoms with Gasteiger partial charge in [0, 0.05) is 60.6 Å². The van der Waals surface area contributed by atoms with Crippen molar-refractivity contribution in [2.75, 3.05) is 57.7 Å². The number of anilines is 3. The van der Waals surface area contributed by atoms with Crippen LogP contribution in [0.2, 0.25) is 0 Å². The molecule has 0 spiro atoms. The quantitative estimate of drug-likeness (QED) is 0.326. The molecule has 0 atom stereocenters. The summed E-state index contributed by atoms with van der Waals surface area (Å²) in [6.45, 7) is 8.07. The predicted molar refractivity (Wildman–Crippen MR) is 151 cm³/mol. The molecule has 1 aliphatic rings. The van der Waals surface area contributed by atoms with Crippen LogP contribution in [0.5, 0.6) is 5.75 Å². The minimum absolute atomic E-state index is 0.340. The smallest absolute Gasteiger partial charge is 0.227 e. The second-order valence-electron chi connectivity index (χ2n) is 10.3. The van der Waals surface area contributed by atoms with Gasteiger partial charge in [0.25, 0.3) is 0 Å². The molecular weight excluding hydrogens is 464 g/mol. The molecule has 1 aliphatic heterocycles. The van der Waals surface area contributed by atoms with Gasteiger partial charge in [0.15, 0.2) is 0 Å². The lowest BCUT2D eigenvalue weighted by atomic mass is 10.1. The molecule has 0 unspecified atom stereocenters. The van der Waals surface area contributed by atoms with E-state index in [9.17, 15) is 0 Å². The molecule has 2 aromatic carbocycles. The number of hydrogen-bond donors (Lipinski definition) is 1. The average molecular weight is 503 g/mol. The molecule has 0 saturated carbocycles. The van der Waals surface area contributed by atoms with Gasteiger partial charge in [-0.05, 0) is 59.0 Å². The Morgan fingerprint density at radius 2 is 1.86 bits per heavy atom. The Bertz CT molecular complexity index is 1360. The van der Waals surface area contributed by atoms with E-state index >= 15 is 0 Å². The molecule has 37 heavy (non-hydrogen) atoms. The van der Waals surface area contributed by atoms with Crippen molar-refractivity contribution in [2.24, 2.45) is 0 Å². The summed E-state index contributed by atoms with van der Waals surface area (Å²) in [4.78, 5) is 14.1. The first-order chi connectivity index (χ1) is 17.9. The van der Waals surface area contributed by atoms with Gasteiger partial charge in [0.2, 0.25) is 5.95 Å². The Morgan fingerprint density at radius 1 is 1.08 bits per heavy atom. The maximum absolute atomic E-state index is 6.06. The summed E-state index contributed by atoms with van der Waals surface area (Å²) < 4.78 is 14.1. The second kappa shape index (κ2) is 10.9. The number of ether oxygens (including phenoxy) is 2. The van der Waals surface area contributed by atoms with Crippen molar-refractivity contribution in [3.05, 3.63) is 48.8 Å². The standard InChI is InChI=1S/C29H38N6O2/c1-20(2)35-15-10-21-6-7-22-19-30-29(32-27(22)28(21)35)31-25-9-8-23(18-26(25)36-5)34-13-11-24(12-14-34)37-17-16-33(3)4/h6-10,15,18-20,24H,11-14,16-17H2,1-5H3,(H,30,31,32). The van der Waals surface area contributed by atoms with E-state index in [0.717, 1.165) is 72.6 Å². The summed E-state index contributed by atoms with van der Waals surface area (Å²) in [5.41, 5.74) is 4.08. The number of likely N-dealkylation sites (N-methyl/N-ethyl adjacent to an activating group) is 1. The molecule has 8 heteroatoms. The van der Waals surface area contributed by atoms with Gasteiger partial charge in [0.05, 0.1) is 31.0 Å². The van der Waals surface area contributed by atoms with Crippen molar-refractivity contribution in [3.8, 4) is 5.75 Å². The van der Waals surface area contributed by atoms with E-state index in [1.807, 2.05) is 6.20 Å². The lowest BCUT2D eigenvalue weighted by Crippen LogP contribution is -2.37. The number of aromatic nitrogens is 3. The maximum atomic E-state index is 6.06. The zero-order valence-electron chi connectivity index (χ0n) is 22.6. The van der Waals surface area contributed by atoms with Crippen LogP contribution in [0, 0.1) is 0 Å². The van der Waals surface area contributed by atoms with Gasteiger partial charge in [-0.2, -0.15) is 0 Å². The fourth-order valence-corrected chi connectivity index (χ4v) is 5.01. The van der Waals surface area contributed by atoms with Crippen molar-refractivity contribution < 1.29 is 9.47 Å². The normalized spacial score (nSPS) is 14.8. The monoisotopic (exact) mass is 502 g/mol. The van der Waals surface area contributed by atoms with Crippen LogP contribution in [0.3, 0.4) is 0 Å². The number of fused-ring (bicyclic) bond motifs is 3. The number of piperidine rings is 1. The minimum atomic E-state index is 0.340. The van der Waals surface area contributed by atoms with Crippen molar-refractivity contribution in [2.45, 2.75) is 38.8 Å². The average Bonchev–Trinajstić information content (AvgIpc) is 3.34. The number of rotatable bonds is 9. The highest BCUT2D eigenvalue weighted by atomic mass is 16.5. The van der Waals surface area contributed by atoms with Gasteiger partial charge in [-0.3, -0.25) is 0 Å². The first-order valence-corrected chi connectivity index (χ1v) is 13.2. The molecule has 0 bridgehead atoms. The molecular formula is C29H38N6O2. The van der Waals surface area contributed by atoms with Gasteiger partial charge < -0.3 is 29.2 Å². The molecule has 0 aliphatic carbocycles. The first kappa shape index (κ1) is 25.3. The maximum Gasteiger partial charge on any atom is 0.227 e. The Morgan fingerprint density at radius 3 is 2.59 bits per heavy atom. The van der Waals surface area contributed by atoms with E-state index in [4.69, 9.17) is 14.5 Å². The van der Waals surface area contributed by atoms with E-state index in [-0.39, 0.29) is 0 Å². The summed E-state index contributed by atoms with van der Waals surface area (Å²) >= 11 is 0. The molecule has 0 amide bonds. The van der Waals surface area contributed by atoms with E-state index in [1.165, 1.54) is 5.39 Å². The zero-order valence-corrected chi connectivity index (χ0v) is 22.6. The van der Waals surface area contributed by atoms with Crippen LogP contribution < -0.4 is 15.0 Å². The van der Waals surface area contributed by atoms with Crippen LogP contribution in [0.25, 0.3) is 21.8 Å².